The number of nitriles is 1. The summed E-state index contributed by atoms with van der Waals surface area (Å²) in [6.45, 7) is 2.26. The molecule has 0 radical (unpaired) electrons. The average Bonchev–Trinajstić information content (AvgIpc) is 3.19. The van der Waals surface area contributed by atoms with Gasteiger partial charge in [0.2, 0.25) is 5.79 Å². The Hall–Kier alpha value is -1.61. The van der Waals surface area contributed by atoms with Crippen molar-refractivity contribution in [1.82, 2.24) is 5.32 Å². The third kappa shape index (κ3) is 1.35. The predicted octanol–water partition coefficient (Wildman–Crippen LogP) is 1.63. The quantitative estimate of drug-likeness (QED) is 0.786. The van der Waals surface area contributed by atoms with Crippen LogP contribution < -0.4 is 10.1 Å². The largest absolute Gasteiger partial charge is 0.482 e. The topological polar surface area (TPSA) is 63.5 Å². The number of piperidine rings is 1. The highest BCUT2D eigenvalue weighted by atomic mass is 16.8. The van der Waals surface area contributed by atoms with Gasteiger partial charge < -0.3 is 19.5 Å². The van der Waals surface area contributed by atoms with E-state index in [1.54, 1.807) is 0 Å². The zero-order valence-corrected chi connectivity index (χ0v) is 13.5. The molecule has 1 N–H and O–H groups in total. The molecule has 124 valence electrons. The Bertz CT molecular complexity index is 780. The Labute approximate surface area is 140 Å². The smallest absolute Gasteiger partial charge is 0.206 e. The molecule has 5 aliphatic rings. The van der Waals surface area contributed by atoms with Gasteiger partial charge in [-0.1, -0.05) is 6.07 Å². The van der Waals surface area contributed by atoms with Crippen LogP contribution in [0.4, 0.5) is 0 Å². The first-order chi connectivity index (χ1) is 11.8. The summed E-state index contributed by atoms with van der Waals surface area (Å²) in [6, 6.07) is 6.88. The normalized spacial score (nSPS) is 40.0. The Morgan fingerprint density at radius 3 is 2.92 bits per heavy atom. The Balaban J connectivity index is 1.64. The molecule has 0 unspecified atom stereocenters. The van der Waals surface area contributed by atoms with Crippen molar-refractivity contribution in [3.63, 3.8) is 0 Å². The van der Waals surface area contributed by atoms with Crippen molar-refractivity contribution in [2.24, 2.45) is 5.92 Å². The molecule has 2 saturated heterocycles. The summed E-state index contributed by atoms with van der Waals surface area (Å²) in [6.07, 6.45) is 3.91. The number of nitrogens with one attached hydrogen (secondary N) is 1. The van der Waals surface area contributed by atoms with Crippen LogP contribution in [0.25, 0.3) is 0 Å². The molecular formula is C19H20N2O3. The maximum absolute atomic E-state index is 9.58. The molecule has 1 aromatic carbocycles. The Kier molecular flexibility index (Phi) is 2.46. The van der Waals surface area contributed by atoms with Gasteiger partial charge in [0.25, 0.3) is 0 Å². The highest BCUT2D eigenvalue weighted by Crippen LogP contribution is 2.64. The summed E-state index contributed by atoms with van der Waals surface area (Å²) in [7, 11) is 0. The molecule has 2 spiro atoms. The van der Waals surface area contributed by atoms with Crippen LogP contribution in [0.15, 0.2) is 12.1 Å². The average molecular weight is 324 g/mol. The number of hydrogen-bond acceptors (Lipinski definition) is 5. The highest BCUT2D eigenvalue weighted by molar-refractivity contribution is 5.61. The summed E-state index contributed by atoms with van der Waals surface area (Å²) >= 11 is 0. The molecule has 24 heavy (non-hydrogen) atoms. The van der Waals surface area contributed by atoms with Crippen molar-refractivity contribution in [2.75, 3.05) is 19.8 Å². The molecule has 2 aliphatic carbocycles. The summed E-state index contributed by atoms with van der Waals surface area (Å²) in [5.74, 6) is 0.724. The zero-order chi connectivity index (χ0) is 15.9. The first-order valence-corrected chi connectivity index (χ1v) is 9.03. The van der Waals surface area contributed by atoms with Gasteiger partial charge in [-0.3, -0.25) is 0 Å². The van der Waals surface area contributed by atoms with Gasteiger partial charge in [-0.2, -0.15) is 5.26 Å². The molecule has 1 saturated carbocycles. The van der Waals surface area contributed by atoms with Crippen molar-refractivity contribution in [1.29, 1.82) is 5.26 Å². The number of rotatable bonds is 0. The fourth-order valence-corrected chi connectivity index (χ4v) is 6.30. The molecule has 2 bridgehead atoms. The monoisotopic (exact) mass is 324 g/mol. The van der Waals surface area contributed by atoms with Crippen LogP contribution in [-0.4, -0.2) is 37.7 Å². The molecule has 6 rings (SSSR count). The van der Waals surface area contributed by atoms with Gasteiger partial charge in [0.1, 0.15) is 11.8 Å². The minimum atomic E-state index is -0.626. The minimum absolute atomic E-state index is 0.0612. The number of benzene rings is 1. The van der Waals surface area contributed by atoms with Crippen LogP contribution >= 0.6 is 0 Å². The van der Waals surface area contributed by atoms with E-state index in [9.17, 15) is 5.26 Å². The second kappa shape index (κ2) is 4.32. The van der Waals surface area contributed by atoms with E-state index in [-0.39, 0.29) is 11.5 Å². The second-order valence-electron chi connectivity index (χ2n) is 7.80. The van der Waals surface area contributed by atoms with E-state index < -0.39 is 5.79 Å². The van der Waals surface area contributed by atoms with Crippen LogP contribution in [-0.2, 0) is 21.3 Å². The fourth-order valence-electron chi connectivity index (χ4n) is 6.30. The van der Waals surface area contributed by atoms with Crippen molar-refractivity contribution in [3.05, 3.63) is 28.8 Å². The van der Waals surface area contributed by atoms with Gasteiger partial charge in [0, 0.05) is 23.4 Å². The summed E-state index contributed by atoms with van der Waals surface area (Å²) in [5, 5.41) is 13.3. The number of nitrogens with zero attached hydrogens (tertiary/aromatic N) is 1. The lowest BCUT2D eigenvalue weighted by molar-refractivity contribution is -0.256. The molecule has 3 fully saturated rings. The van der Waals surface area contributed by atoms with Crippen molar-refractivity contribution < 1.29 is 14.2 Å². The lowest BCUT2D eigenvalue weighted by Crippen LogP contribution is -2.69. The first-order valence-electron chi connectivity index (χ1n) is 9.03. The van der Waals surface area contributed by atoms with Crippen LogP contribution in [0.5, 0.6) is 5.75 Å². The Morgan fingerprint density at radius 1 is 1.21 bits per heavy atom. The molecule has 0 aromatic heterocycles. The van der Waals surface area contributed by atoms with Gasteiger partial charge in [-0.25, -0.2) is 0 Å². The molecule has 1 aromatic rings. The molecule has 3 heterocycles. The zero-order valence-electron chi connectivity index (χ0n) is 13.5. The third-order valence-electron chi connectivity index (χ3n) is 7.05. The molecule has 5 nitrogen and oxygen atoms in total. The van der Waals surface area contributed by atoms with Crippen LogP contribution in [0.3, 0.4) is 0 Å². The van der Waals surface area contributed by atoms with Gasteiger partial charge in [0.05, 0.1) is 18.8 Å². The van der Waals surface area contributed by atoms with E-state index >= 15 is 0 Å². The number of fused-ring (bicyclic) bond motifs is 1. The summed E-state index contributed by atoms with van der Waals surface area (Å²) in [4.78, 5) is 0. The maximum atomic E-state index is 9.58. The molecule has 4 atom stereocenters. The first kappa shape index (κ1) is 13.7. The van der Waals surface area contributed by atoms with Crippen molar-refractivity contribution in [3.8, 4) is 11.8 Å². The Morgan fingerprint density at radius 2 is 2.08 bits per heavy atom. The molecule has 5 heteroatoms. The number of ether oxygens (including phenoxy) is 3. The SMILES string of the molecule is N#Cc1ccc2c3c1O[C@@H]1C4(CC[C@@H]5[C@H](C2)NCC[C@]351)OCCO4. The van der Waals surface area contributed by atoms with Crippen molar-refractivity contribution >= 4 is 0 Å². The standard InChI is InChI=1S/C19H20N2O3/c20-10-12-2-1-11-9-14-13-3-4-19(22-7-8-23-19)17-18(13,5-6-21-14)15(11)16(12)24-17/h1-2,13-14,17,21H,3-9H2/t13-,14+,17+,18-/m1/s1. The van der Waals surface area contributed by atoms with Gasteiger partial charge in [-0.15, -0.1) is 0 Å². The van der Waals surface area contributed by atoms with Crippen LogP contribution in [0.1, 0.15) is 36.0 Å². The predicted molar refractivity (Wildman–Crippen MR) is 84.7 cm³/mol. The number of hydrogen-bond donors (Lipinski definition) is 1. The van der Waals surface area contributed by atoms with Gasteiger partial charge >= 0.3 is 0 Å². The molecular weight excluding hydrogens is 304 g/mol. The molecule has 3 aliphatic heterocycles. The van der Waals surface area contributed by atoms with Gasteiger partial charge in [-0.05, 0) is 43.4 Å². The van der Waals surface area contributed by atoms with E-state index in [4.69, 9.17) is 14.2 Å². The lowest BCUT2D eigenvalue weighted by atomic mass is 9.51. The fraction of sp³-hybridized carbons (Fsp3) is 0.632. The second-order valence-corrected chi connectivity index (χ2v) is 7.80. The third-order valence-corrected chi connectivity index (χ3v) is 7.05. The summed E-state index contributed by atoms with van der Waals surface area (Å²) < 4.78 is 18.8. The van der Waals surface area contributed by atoms with Crippen molar-refractivity contribution in [2.45, 2.75) is 49.0 Å². The van der Waals surface area contributed by atoms with E-state index in [1.807, 2.05) is 6.07 Å². The maximum Gasteiger partial charge on any atom is 0.206 e. The lowest BCUT2D eigenvalue weighted by Gasteiger charge is -2.58. The van der Waals surface area contributed by atoms with Crippen LogP contribution in [0, 0.1) is 17.2 Å². The minimum Gasteiger partial charge on any atom is -0.482 e. The van der Waals surface area contributed by atoms with E-state index in [1.165, 1.54) is 11.1 Å². The van der Waals surface area contributed by atoms with E-state index in [0.717, 1.165) is 38.0 Å². The highest BCUT2D eigenvalue weighted by Gasteiger charge is 2.70. The van der Waals surface area contributed by atoms with Crippen LogP contribution in [0.2, 0.25) is 0 Å². The summed E-state index contributed by atoms with van der Waals surface area (Å²) in [5.41, 5.74) is 3.23. The van der Waals surface area contributed by atoms with E-state index in [2.05, 4.69) is 17.5 Å². The van der Waals surface area contributed by atoms with E-state index in [0.29, 0.717) is 30.7 Å². The van der Waals surface area contributed by atoms with Gasteiger partial charge in [0.15, 0.2) is 6.10 Å². The molecule has 0 amide bonds.